The van der Waals surface area contributed by atoms with Crippen molar-refractivity contribution in [3.05, 3.63) is 0 Å². The average Bonchev–Trinajstić information content (AvgIpc) is 2.54. The second-order valence-electron chi connectivity index (χ2n) is 4.06. The first-order valence-electron chi connectivity index (χ1n) is 5.23. The van der Waals surface area contributed by atoms with Crippen molar-refractivity contribution in [1.29, 1.82) is 0 Å². The van der Waals surface area contributed by atoms with Gasteiger partial charge in [0.25, 0.3) is 0 Å². The van der Waals surface area contributed by atoms with Crippen LogP contribution in [0, 0.1) is 0 Å². The number of fused-ring (bicyclic) bond motifs is 2. The van der Waals surface area contributed by atoms with Crippen LogP contribution in [-0.2, 0) is 14.3 Å². The van der Waals surface area contributed by atoms with Crippen LogP contribution in [0.25, 0.3) is 0 Å². The molecule has 0 aromatic rings. The van der Waals surface area contributed by atoms with Crippen molar-refractivity contribution in [3.8, 4) is 0 Å². The molecule has 0 aliphatic carbocycles. The highest BCUT2D eigenvalue weighted by atomic mass is 16.5. The molecule has 0 aromatic carbocycles. The number of carbonyl (C=O) groups is 1. The standard InChI is InChI=1S/C10H17NO3/c1-13-6-10(12)11-8-4-2-7-3-5-9(8)14-7/h7-9H,2-6H2,1H3,(H,11,12). The molecule has 3 atom stereocenters. The third-order valence-electron chi connectivity index (χ3n) is 3.01. The van der Waals surface area contributed by atoms with Crippen molar-refractivity contribution in [2.45, 2.75) is 43.9 Å². The lowest BCUT2D eigenvalue weighted by molar-refractivity contribution is -0.127. The summed E-state index contributed by atoms with van der Waals surface area (Å²) in [5.74, 6) is -0.0357. The van der Waals surface area contributed by atoms with Gasteiger partial charge >= 0.3 is 0 Å². The Morgan fingerprint density at radius 1 is 1.43 bits per heavy atom. The summed E-state index contributed by atoms with van der Waals surface area (Å²) in [7, 11) is 1.53. The Bertz CT molecular complexity index is 219. The number of hydrogen-bond donors (Lipinski definition) is 1. The molecule has 0 aromatic heterocycles. The van der Waals surface area contributed by atoms with E-state index in [-0.39, 0.29) is 24.7 Å². The summed E-state index contributed by atoms with van der Waals surface area (Å²) in [6.07, 6.45) is 5.06. The van der Waals surface area contributed by atoms with Gasteiger partial charge in [-0.3, -0.25) is 4.79 Å². The van der Waals surface area contributed by atoms with Crippen molar-refractivity contribution >= 4 is 5.91 Å². The molecular formula is C10H17NO3. The highest BCUT2D eigenvalue weighted by Crippen LogP contribution is 2.32. The van der Waals surface area contributed by atoms with Gasteiger partial charge in [0.1, 0.15) is 6.61 Å². The predicted octanol–water partition coefficient (Wildman–Crippen LogP) is 0.459. The Kier molecular flexibility index (Phi) is 3.03. The number of amides is 1. The fourth-order valence-corrected chi connectivity index (χ4v) is 2.34. The molecule has 4 heteroatoms. The van der Waals surface area contributed by atoms with E-state index in [4.69, 9.17) is 9.47 Å². The molecule has 2 fully saturated rings. The van der Waals surface area contributed by atoms with Crippen LogP contribution in [-0.4, -0.2) is 37.9 Å². The van der Waals surface area contributed by atoms with E-state index in [2.05, 4.69) is 5.32 Å². The molecule has 0 radical (unpaired) electrons. The molecule has 2 bridgehead atoms. The first-order valence-corrected chi connectivity index (χ1v) is 5.23. The molecule has 2 aliphatic rings. The molecule has 2 heterocycles. The van der Waals surface area contributed by atoms with Gasteiger partial charge in [0.15, 0.2) is 0 Å². The van der Waals surface area contributed by atoms with E-state index in [1.54, 1.807) is 0 Å². The second-order valence-corrected chi connectivity index (χ2v) is 4.06. The molecule has 14 heavy (non-hydrogen) atoms. The van der Waals surface area contributed by atoms with E-state index < -0.39 is 0 Å². The fourth-order valence-electron chi connectivity index (χ4n) is 2.34. The number of nitrogens with one attached hydrogen (secondary N) is 1. The van der Waals surface area contributed by atoms with Crippen molar-refractivity contribution in [3.63, 3.8) is 0 Å². The van der Waals surface area contributed by atoms with E-state index in [1.807, 2.05) is 0 Å². The molecule has 2 saturated heterocycles. The molecule has 4 nitrogen and oxygen atoms in total. The van der Waals surface area contributed by atoms with Crippen LogP contribution in [0.15, 0.2) is 0 Å². The van der Waals surface area contributed by atoms with Crippen molar-refractivity contribution < 1.29 is 14.3 Å². The summed E-state index contributed by atoms with van der Waals surface area (Å²) in [5, 5.41) is 2.96. The summed E-state index contributed by atoms with van der Waals surface area (Å²) < 4.78 is 10.5. The largest absolute Gasteiger partial charge is 0.375 e. The molecule has 80 valence electrons. The topological polar surface area (TPSA) is 47.6 Å². The van der Waals surface area contributed by atoms with Crippen LogP contribution in [0.3, 0.4) is 0 Å². The van der Waals surface area contributed by atoms with Gasteiger partial charge in [-0.15, -0.1) is 0 Å². The van der Waals surface area contributed by atoms with Gasteiger partial charge in [0.2, 0.25) is 5.91 Å². The molecular weight excluding hydrogens is 182 g/mol. The Balaban J connectivity index is 1.82. The molecule has 2 aliphatic heterocycles. The normalized spacial score (nSPS) is 35.6. The van der Waals surface area contributed by atoms with Gasteiger partial charge in [-0.1, -0.05) is 0 Å². The van der Waals surface area contributed by atoms with Crippen LogP contribution in [0.4, 0.5) is 0 Å². The third-order valence-corrected chi connectivity index (χ3v) is 3.01. The van der Waals surface area contributed by atoms with E-state index in [0.29, 0.717) is 6.10 Å². The molecule has 2 rings (SSSR count). The fraction of sp³-hybridized carbons (Fsp3) is 0.900. The zero-order chi connectivity index (χ0) is 9.97. The van der Waals surface area contributed by atoms with E-state index >= 15 is 0 Å². The van der Waals surface area contributed by atoms with Gasteiger partial charge in [-0.05, 0) is 25.7 Å². The maximum atomic E-state index is 11.3. The minimum absolute atomic E-state index is 0.0357. The van der Waals surface area contributed by atoms with Crippen molar-refractivity contribution in [2.75, 3.05) is 13.7 Å². The Hall–Kier alpha value is -0.610. The number of carbonyl (C=O) groups excluding carboxylic acids is 1. The van der Waals surface area contributed by atoms with Gasteiger partial charge in [0, 0.05) is 7.11 Å². The number of rotatable bonds is 3. The third kappa shape index (κ3) is 2.07. The van der Waals surface area contributed by atoms with E-state index in [9.17, 15) is 4.79 Å². The summed E-state index contributed by atoms with van der Waals surface area (Å²) in [5.41, 5.74) is 0. The Morgan fingerprint density at radius 3 is 3.00 bits per heavy atom. The molecule has 1 amide bonds. The Morgan fingerprint density at radius 2 is 2.21 bits per heavy atom. The average molecular weight is 199 g/mol. The summed E-state index contributed by atoms with van der Waals surface area (Å²) >= 11 is 0. The quantitative estimate of drug-likeness (QED) is 0.718. The van der Waals surface area contributed by atoms with Crippen LogP contribution in [0.1, 0.15) is 25.7 Å². The van der Waals surface area contributed by atoms with E-state index in [0.717, 1.165) is 25.7 Å². The first-order chi connectivity index (χ1) is 6.79. The summed E-state index contributed by atoms with van der Waals surface area (Å²) in [4.78, 5) is 11.3. The molecule has 1 N–H and O–H groups in total. The lowest BCUT2D eigenvalue weighted by atomic mass is 10.0. The van der Waals surface area contributed by atoms with Crippen molar-refractivity contribution in [2.24, 2.45) is 0 Å². The number of ether oxygens (including phenoxy) is 2. The van der Waals surface area contributed by atoms with Crippen molar-refractivity contribution in [1.82, 2.24) is 5.32 Å². The highest BCUT2D eigenvalue weighted by molar-refractivity contribution is 5.77. The Labute approximate surface area is 84.0 Å². The lowest BCUT2D eigenvalue weighted by Gasteiger charge is -2.29. The van der Waals surface area contributed by atoms with Crippen LogP contribution >= 0.6 is 0 Å². The zero-order valence-electron chi connectivity index (χ0n) is 8.49. The highest BCUT2D eigenvalue weighted by Gasteiger charge is 2.37. The van der Waals surface area contributed by atoms with Gasteiger partial charge in [-0.25, -0.2) is 0 Å². The maximum absolute atomic E-state index is 11.3. The first kappa shape index (κ1) is 9.93. The molecule has 0 spiro atoms. The molecule has 3 unspecified atom stereocenters. The monoisotopic (exact) mass is 199 g/mol. The predicted molar refractivity (Wildman–Crippen MR) is 50.9 cm³/mol. The smallest absolute Gasteiger partial charge is 0.246 e. The maximum Gasteiger partial charge on any atom is 0.246 e. The summed E-state index contributed by atoms with van der Waals surface area (Å²) in [6, 6.07) is 0.205. The lowest BCUT2D eigenvalue weighted by Crippen LogP contribution is -2.46. The van der Waals surface area contributed by atoms with Gasteiger partial charge in [0.05, 0.1) is 18.2 Å². The minimum atomic E-state index is -0.0357. The number of methoxy groups -OCH3 is 1. The second kappa shape index (κ2) is 4.28. The van der Waals surface area contributed by atoms with Gasteiger partial charge < -0.3 is 14.8 Å². The van der Waals surface area contributed by atoms with Crippen LogP contribution in [0.5, 0.6) is 0 Å². The van der Waals surface area contributed by atoms with Crippen LogP contribution < -0.4 is 5.32 Å². The van der Waals surface area contributed by atoms with Gasteiger partial charge in [-0.2, -0.15) is 0 Å². The SMILES string of the molecule is COCC(=O)NC1CCC2CCC1O2. The zero-order valence-corrected chi connectivity index (χ0v) is 8.49. The number of hydrogen-bond acceptors (Lipinski definition) is 3. The molecule has 0 saturated carbocycles. The van der Waals surface area contributed by atoms with Crippen LogP contribution in [0.2, 0.25) is 0 Å². The minimum Gasteiger partial charge on any atom is -0.375 e. The summed E-state index contributed by atoms with van der Waals surface area (Å²) in [6.45, 7) is 0.145. The van der Waals surface area contributed by atoms with E-state index in [1.165, 1.54) is 7.11 Å².